The average Bonchev–Trinajstić information content (AvgIpc) is 3.42. The van der Waals surface area contributed by atoms with Crippen LogP contribution in [0.1, 0.15) is 43.0 Å². The molecule has 0 bridgehead atoms. The maximum atomic E-state index is 12.6. The standard InChI is InChI=1S/C19H22N4O3S/c1-26-15-8-4-7-14(10-15)23-11-13(9-16(23)24)17(25)20-19-22-21-18(27-19)12-5-2-3-6-12/h4,7-8,10,12-13H,2-3,5-6,9,11H2,1H3,(H,20,22,25)/t13-/m0/s1. The summed E-state index contributed by atoms with van der Waals surface area (Å²) in [6.07, 6.45) is 4.95. The van der Waals surface area contributed by atoms with Gasteiger partial charge in [-0.3, -0.25) is 9.59 Å². The van der Waals surface area contributed by atoms with E-state index in [1.54, 1.807) is 18.1 Å². The molecule has 2 amide bonds. The number of carbonyl (C=O) groups is 2. The van der Waals surface area contributed by atoms with Crippen LogP contribution in [-0.4, -0.2) is 35.7 Å². The summed E-state index contributed by atoms with van der Waals surface area (Å²) in [6.45, 7) is 0.353. The highest BCUT2D eigenvalue weighted by Crippen LogP contribution is 2.36. The van der Waals surface area contributed by atoms with Crippen molar-refractivity contribution in [1.82, 2.24) is 10.2 Å². The van der Waals surface area contributed by atoms with Gasteiger partial charge in [0.2, 0.25) is 16.9 Å². The van der Waals surface area contributed by atoms with Gasteiger partial charge in [-0.05, 0) is 25.0 Å². The van der Waals surface area contributed by atoms with Gasteiger partial charge in [-0.15, -0.1) is 10.2 Å². The summed E-state index contributed by atoms with van der Waals surface area (Å²) < 4.78 is 5.22. The molecule has 0 spiro atoms. The molecule has 2 heterocycles. The molecule has 4 rings (SSSR count). The van der Waals surface area contributed by atoms with E-state index in [9.17, 15) is 9.59 Å². The molecule has 2 fully saturated rings. The topological polar surface area (TPSA) is 84.4 Å². The molecule has 27 heavy (non-hydrogen) atoms. The van der Waals surface area contributed by atoms with Crippen molar-refractivity contribution in [1.29, 1.82) is 0 Å². The van der Waals surface area contributed by atoms with E-state index in [1.165, 1.54) is 24.2 Å². The Bertz CT molecular complexity index is 847. The van der Waals surface area contributed by atoms with Crippen LogP contribution in [0, 0.1) is 5.92 Å². The van der Waals surface area contributed by atoms with E-state index in [0.29, 0.717) is 23.3 Å². The Hall–Kier alpha value is -2.48. The minimum atomic E-state index is -0.400. The van der Waals surface area contributed by atoms with Crippen molar-refractivity contribution in [2.45, 2.75) is 38.0 Å². The number of nitrogens with zero attached hydrogens (tertiary/aromatic N) is 3. The van der Waals surface area contributed by atoms with E-state index in [4.69, 9.17) is 4.74 Å². The first-order valence-corrected chi connectivity index (χ1v) is 10.0. The Labute approximate surface area is 161 Å². The first-order chi connectivity index (χ1) is 13.1. The van der Waals surface area contributed by atoms with E-state index in [1.807, 2.05) is 18.2 Å². The molecule has 8 heteroatoms. The second kappa shape index (κ2) is 7.64. The summed E-state index contributed by atoms with van der Waals surface area (Å²) in [4.78, 5) is 26.7. The van der Waals surface area contributed by atoms with Gasteiger partial charge in [-0.1, -0.05) is 30.2 Å². The number of rotatable bonds is 5. The number of hydrogen-bond donors (Lipinski definition) is 1. The summed E-state index contributed by atoms with van der Waals surface area (Å²) in [7, 11) is 1.59. The predicted octanol–water partition coefficient (Wildman–Crippen LogP) is 3.20. The fourth-order valence-corrected chi connectivity index (χ4v) is 4.66. The Kier molecular flexibility index (Phi) is 5.07. The number of anilines is 2. The molecular formula is C19H22N4O3S. The summed E-state index contributed by atoms with van der Waals surface area (Å²) in [6, 6.07) is 7.31. The van der Waals surface area contributed by atoms with Gasteiger partial charge >= 0.3 is 0 Å². The third-order valence-corrected chi connectivity index (χ3v) is 6.24. The average molecular weight is 386 g/mol. The molecule has 1 saturated carbocycles. The Balaban J connectivity index is 1.40. The van der Waals surface area contributed by atoms with Gasteiger partial charge in [0.25, 0.3) is 0 Å². The van der Waals surface area contributed by atoms with E-state index >= 15 is 0 Å². The SMILES string of the molecule is COc1cccc(N2C[C@@H](C(=O)Nc3nnc(C4CCCC4)s3)CC2=O)c1. The molecule has 1 N–H and O–H groups in total. The third-order valence-electron chi connectivity index (χ3n) is 5.24. The zero-order chi connectivity index (χ0) is 18.8. The number of hydrogen-bond acceptors (Lipinski definition) is 6. The fraction of sp³-hybridized carbons (Fsp3) is 0.474. The molecule has 1 aliphatic heterocycles. The minimum absolute atomic E-state index is 0.0627. The third kappa shape index (κ3) is 3.80. The number of carbonyl (C=O) groups excluding carboxylic acids is 2. The van der Waals surface area contributed by atoms with Crippen LogP contribution in [-0.2, 0) is 9.59 Å². The number of nitrogens with one attached hydrogen (secondary N) is 1. The smallest absolute Gasteiger partial charge is 0.231 e. The number of ether oxygens (including phenoxy) is 1. The maximum absolute atomic E-state index is 12.6. The van der Waals surface area contributed by atoms with Crippen molar-refractivity contribution < 1.29 is 14.3 Å². The molecule has 1 aromatic carbocycles. The van der Waals surface area contributed by atoms with Crippen molar-refractivity contribution in [3.05, 3.63) is 29.3 Å². The number of methoxy groups -OCH3 is 1. The Morgan fingerprint density at radius 1 is 1.30 bits per heavy atom. The zero-order valence-electron chi connectivity index (χ0n) is 15.2. The monoisotopic (exact) mass is 386 g/mol. The number of amides is 2. The molecule has 7 nitrogen and oxygen atoms in total. The lowest BCUT2D eigenvalue weighted by atomic mass is 10.1. The maximum Gasteiger partial charge on any atom is 0.231 e. The molecule has 1 saturated heterocycles. The van der Waals surface area contributed by atoms with Gasteiger partial charge in [0, 0.05) is 30.6 Å². The lowest BCUT2D eigenvalue weighted by Gasteiger charge is -2.17. The van der Waals surface area contributed by atoms with Crippen LogP contribution in [0.25, 0.3) is 0 Å². The first-order valence-electron chi connectivity index (χ1n) is 9.22. The Morgan fingerprint density at radius 3 is 2.89 bits per heavy atom. The van der Waals surface area contributed by atoms with Crippen LogP contribution in [0.5, 0.6) is 5.75 Å². The lowest BCUT2D eigenvalue weighted by molar-refractivity contribution is -0.122. The minimum Gasteiger partial charge on any atom is -0.497 e. The van der Waals surface area contributed by atoms with Crippen molar-refractivity contribution in [3.8, 4) is 5.75 Å². The quantitative estimate of drug-likeness (QED) is 0.853. The molecule has 0 unspecified atom stereocenters. The molecule has 1 atom stereocenters. The second-order valence-electron chi connectivity index (χ2n) is 7.02. The molecule has 0 radical (unpaired) electrons. The summed E-state index contributed by atoms with van der Waals surface area (Å²) in [5.41, 5.74) is 0.745. The number of aromatic nitrogens is 2. The molecule has 2 aliphatic rings. The van der Waals surface area contributed by atoms with E-state index in [-0.39, 0.29) is 18.2 Å². The zero-order valence-corrected chi connectivity index (χ0v) is 16.0. The highest BCUT2D eigenvalue weighted by atomic mass is 32.1. The van der Waals surface area contributed by atoms with Crippen molar-refractivity contribution in [3.63, 3.8) is 0 Å². The normalized spacial score (nSPS) is 20.3. The number of benzene rings is 1. The van der Waals surface area contributed by atoms with Crippen molar-refractivity contribution >= 4 is 34.0 Å². The van der Waals surface area contributed by atoms with Crippen LogP contribution in [0.2, 0.25) is 0 Å². The highest BCUT2D eigenvalue weighted by molar-refractivity contribution is 7.15. The molecule has 142 valence electrons. The summed E-state index contributed by atoms with van der Waals surface area (Å²) in [5, 5.41) is 12.7. The molecule has 1 aromatic heterocycles. The van der Waals surface area contributed by atoms with Crippen LogP contribution >= 0.6 is 11.3 Å². The van der Waals surface area contributed by atoms with Gasteiger partial charge in [0.05, 0.1) is 13.0 Å². The van der Waals surface area contributed by atoms with Gasteiger partial charge in [0.1, 0.15) is 10.8 Å². The van der Waals surface area contributed by atoms with Crippen molar-refractivity contribution in [2.24, 2.45) is 5.92 Å². The van der Waals surface area contributed by atoms with Crippen molar-refractivity contribution in [2.75, 3.05) is 23.9 Å². The summed E-state index contributed by atoms with van der Waals surface area (Å²) >= 11 is 1.45. The van der Waals surface area contributed by atoms with Crippen LogP contribution < -0.4 is 15.0 Å². The summed E-state index contributed by atoms with van der Waals surface area (Å²) in [5.74, 6) is 0.518. The van der Waals surface area contributed by atoms with E-state index < -0.39 is 5.92 Å². The van der Waals surface area contributed by atoms with Gasteiger partial charge < -0.3 is 15.0 Å². The fourth-order valence-electron chi connectivity index (χ4n) is 3.74. The molecular weight excluding hydrogens is 364 g/mol. The van der Waals surface area contributed by atoms with E-state index in [2.05, 4.69) is 15.5 Å². The largest absolute Gasteiger partial charge is 0.497 e. The Morgan fingerprint density at radius 2 is 2.11 bits per heavy atom. The van der Waals surface area contributed by atoms with Crippen LogP contribution in [0.4, 0.5) is 10.8 Å². The van der Waals surface area contributed by atoms with Gasteiger partial charge in [-0.25, -0.2) is 0 Å². The van der Waals surface area contributed by atoms with Gasteiger partial charge in [0.15, 0.2) is 0 Å². The highest BCUT2D eigenvalue weighted by Gasteiger charge is 2.35. The van der Waals surface area contributed by atoms with Gasteiger partial charge in [-0.2, -0.15) is 0 Å². The first kappa shape index (κ1) is 17.9. The predicted molar refractivity (Wildman–Crippen MR) is 103 cm³/mol. The second-order valence-corrected chi connectivity index (χ2v) is 8.03. The lowest BCUT2D eigenvalue weighted by Crippen LogP contribution is -2.28. The van der Waals surface area contributed by atoms with Crippen LogP contribution in [0.3, 0.4) is 0 Å². The molecule has 1 aliphatic carbocycles. The molecule has 2 aromatic rings. The van der Waals surface area contributed by atoms with Crippen LogP contribution in [0.15, 0.2) is 24.3 Å². The van der Waals surface area contributed by atoms with E-state index in [0.717, 1.165) is 23.5 Å².